The Morgan fingerprint density at radius 1 is 1.36 bits per heavy atom. The van der Waals surface area contributed by atoms with Gasteiger partial charge < -0.3 is 9.47 Å². The van der Waals surface area contributed by atoms with Crippen molar-refractivity contribution in [3.63, 3.8) is 0 Å². The van der Waals surface area contributed by atoms with Gasteiger partial charge in [-0.3, -0.25) is 4.79 Å². The van der Waals surface area contributed by atoms with Gasteiger partial charge in [0.2, 0.25) is 10.0 Å². The topological polar surface area (TPSA) is 72.9 Å². The van der Waals surface area contributed by atoms with E-state index in [1.807, 2.05) is 39.0 Å². The summed E-state index contributed by atoms with van der Waals surface area (Å²) in [6.07, 6.45) is 0.460. The fraction of sp³-hybridized carbons (Fsp3) is 0.611. The molecule has 6 nitrogen and oxygen atoms in total. The molecular weight excluding hydrogens is 342 g/mol. The molecule has 25 heavy (non-hydrogen) atoms. The van der Waals surface area contributed by atoms with Crippen LogP contribution >= 0.6 is 0 Å². The minimum atomic E-state index is -3.60. The monoisotopic (exact) mass is 369 g/mol. The van der Waals surface area contributed by atoms with E-state index >= 15 is 0 Å². The summed E-state index contributed by atoms with van der Waals surface area (Å²) < 4.78 is 37.7. The fourth-order valence-corrected chi connectivity index (χ4v) is 4.29. The van der Waals surface area contributed by atoms with Crippen molar-refractivity contribution in [2.24, 2.45) is 0 Å². The first-order chi connectivity index (χ1) is 11.6. The third-order valence-corrected chi connectivity index (χ3v) is 6.09. The summed E-state index contributed by atoms with van der Waals surface area (Å²) in [5.41, 5.74) is 1.28. The Kier molecular flexibility index (Phi) is 5.79. The highest BCUT2D eigenvalue weighted by Gasteiger charge is 2.41. The van der Waals surface area contributed by atoms with Crippen LogP contribution in [0.25, 0.3) is 0 Å². The highest BCUT2D eigenvalue weighted by atomic mass is 32.2. The second kappa shape index (κ2) is 7.33. The molecule has 0 fully saturated rings. The van der Waals surface area contributed by atoms with Gasteiger partial charge >= 0.3 is 5.97 Å². The molecule has 0 saturated carbocycles. The van der Waals surface area contributed by atoms with Crippen LogP contribution in [0, 0.1) is 6.92 Å². The zero-order chi connectivity index (χ0) is 18.8. The van der Waals surface area contributed by atoms with E-state index in [-0.39, 0.29) is 18.9 Å². The van der Waals surface area contributed by atoms with Crippen molar-refractivity contribution in [1.29, 1.82) is 0 Å². The van der Waals surface area contributed by atoms with Crippen LogP contribution in [0.4, 0.5) is 0 Å². The molecule has 2 rings (SSSR count). The molecule has 7 heteroatoms. The Morgan fingerprint density at radius 2 is 2.04 bits per heavy atom. The lowest BCUT2D eigenvalue weighted by molar-refractivity contribution is -0.144. The quantitative estimate of drug-likeness (QED) is 0.721. The zero-order valence-electron chi connectivity index (χ0n) is 15.5. The van der Waals surface area contributed by atoms with Crippen molar-refractivity contribution in [3.8, 4) is 5.75 Å². The summed E-state index contributed by atoms with van der Waals surface area (Å²) in [7, 11) is -3.60. The minimum Gasteiger partial charge on any atom is -0.487 e. The average molecular weight is 369 g/mol. The number of nitrogens with zero attached hydrogens (tertiary/aromatic N) is 1. The van der Waals surface area contributed by atoms with Gasteiger partial charge in [0, 0.05) is 12.0 Å². The SMILES string of the molecule is CCOC(=O)CN(C1CC(C)(C)Oc2cc(C)ccc21)S(=O)(=O)CC. The maximum Gasteiger partial charge on any atom is 0.321 e. The van der Waals surface area contributed by atoms with Crippen LogP contribution in [0.3, 0.4) is 0 Å². The van der Waals surface area contributed by atoms with Gasteiger partial charge in [0.05, 0.1) is 18.4 Å². The summed E-state index contributed by atoms with van der Waals surface area (Å²) in [5, 5.41) is 0. The van der Waals surface area contributed by atoms with Crippen molar-refractivity contribution in [3.05, 3.63) is 29.3 Å². The number of hydrogen-bond acceptors (Lipinski definition) is 5. The Balaban J connectivity index is 2.50. The summed E-state index contributed by atoms with van der Waals surface area (Å²) in [6, 6.07) is 5.25. The molecule has 140 valence electrons. The van der Waals surface area contributed by atoms with E-state index in [1.54, 1.807) is 13.8 Å². The minimum absolute atomic E-state index is 0.0780. The van der Waals surface area contributed by atoms with E-state index in [4.69, 9.17) is 9.47 Å². The number of hydrogen-bond donors (Lipinski definition) is 0. The van der Waals surface area contributed by atoms with E-state index in [0.29, 0.717) is 12.2 Å². The molecule has 0 spiro atoms. The highest BCUT2D eigenvalue weighted by Crippen LogP contribution is 2.43. The standard InChI is InChI=1S/C18H27NO5S/c1-6-23-17(20)12-19(25(21,22)7-2)15-11-18(4,5)24-16-10-13(3)8-9-14(15)16/h8-10,15H,6-7,11-12H2,1-5H3. The lowest BCUT2D eigenvalue weighted by Crippen LogP contribution is -2.46. The van der Waals surface area contributed by atoms with E-state index in [2.05, 4.69) is 0 Å². The largest absolute Gasteiger partial charge is 0.487 e. The van der Waals surface area contributed by atoms with Crippen molar-refractivity contribution in [1.82, 2.24) is 4.31 Å². The van der Waals surface area contributed by atoms with Crippen LogP contribution in [-0.4, -0.2) is 43.2 Å². The predicted octanol–water partition coefficient (Wildman–Crippen LogP) is 2.81. The molecule has 0 saturated heterocycles. The molecule has 1 aliphatic rings. The number of sulfonamides is 1. The van der Waals surface area contributed by atoms with Gasteiger partial charge in [-0.05, 0) is 46.2 Å². The smallest absolute Gasteiger partial charge is 0.321 e. The number of esters is 1. The fourth-order valence-electron chi connectivity index (χ4n) is 3.08. The van der Waals surface area contributed by atoms with Gasteiger partial charge in [-0.1, -0.05) is 12.1 Å². The maximum absolute atomic E-state index is 12.7. The lowest BCUT2D eigenvalue weighted by Gasteiger charge is -2.41. The van der Waals surface area contributed by atoms with Gasteiger partial charge in [-0.15, -0.1) is 0 Å². The molecule has 1 aliphatic heterocycles. The van der Waals surface area contributed by atoms with Gasteiger partial charge in [0.25, 0.3) is 0 Å². The third kappa shape index (κ3) is 4.52. The summed E-state index contributed by atoms with van der Waals surface area (Å²) in [5.74, 6) is 0.0460. The van der Waals surface area contributed by atoms with Crippen molar-refractivity contribution in [2.45, 2.75) is 52.7 Å². The van der Waals surface area contributed by atoms with E-state index < -0.39 is 27.6 Å². The number of rotatable bonds is 6. The van der Waals surface area contributed by atoms with Gasteiger partial charge in [0.15, 0.2) is 0 Å². The molecule has 0 aliphatic carbocycles. The predicted molar refractivity (Wildman–Crippen MR) is 96.0 cm³/mol. The molecule has 0 amide bonds. The Hall–Kier alpha value is -1.60. The molecule has 0 bridgehead atoms. The van der Waals surface area contributed by atoms with Gasteiger partial charge in [-0.25, -0.2) is 8.42 Å². The second-order valence-corrected chi connectivity index (χ2v) is 9.08. The van der Waals surface area contributed by atoms with E-state index in [1.165, 1.54) is 4.31 Å². The Labute approximate surface area is 150 Å². The molecule has 1 unspecified atom stereocenters. The van der Waals surface area contributed by atoms with Crippen LogP contribution in [0.5, 0.6) is 5.75 Å². The van der Waals surface area contributed by atoms with Crippen molar-refractivity contribution < 1.29 is 22.7 Å². The zero-order valence-corrected chi connectivity index (χ0v) is 16.4. The van der Waals surface area contributed by atoms with Gasteiger partial charge in [-0.2, -0.15) is 4.31 Å². The molecule has 0 N–H and O–H groups in total. The van der Waals surface area contributed by atoms with Crippen LogP contribution in [-0.2, 0) is 19.6 Å². The molecule has 1 aromatic carbocycles. The maximum atomic E-state index is 12.7. The first kappa shape index (κ1) is 19.7. The lowest BCUT2D eigenvalue weighted by atomic mass is 9.89. The third-order valence-electron chi connectivity index (χ3n) is 4.26. The number of carbonyl (C=O) groups excluding carboxylic acids is 1. The normalized spacial score (nSPS) is 19.2. The molecule has 0 radical (unpaired) electrons. The van der Waals surface area contributed by atoms with E-state index in [9.17, 15) is 13.2 Å². The second-order valence-electron chi connectivity index (χ2n) is 6.87. The molecule has 1 aromatic rings. The summed E-state index contributed by atoms with van der Waals surface area (Å²) in [6.45, 7) is 9.00. The van der Waals surface area contributed by atoms with Gasteiger partial charge in [0.1, 0.15) is 17.9 Å². The van der Waals surface area contributed by atoms with Crippen LogP contribution < -0.4 is 4.74 Å². The Bertz CT molecular complexity index is 742. The van der Waals surface area contributed by atoms with Crippen LogP contribution in [0.15, 0.2) is 18.2 Å². The molecular formula is C18H27NO5S. The molecule has 0 aromatic heterocycles. The van der Waals surface area contributed by atoms with Crippen LogP contribution in [0.2, 0.25) is 0 Å². The molecule has 1 heterocycles. The average Bonchev–Trinajstić information content (AvgIpc) is 2.50. The summed E-state index contributed by atoms with van der Waals surface area (Å²) >= 11 is 0. The first-order valence-corrected chi connectivity index (χ1v) is 10.1. The van der Waals surface area contributed by atoms with E-state index in [0.717, 1.165) is 11.1 Å². The van der Waals surface area contributed by atoms with Crippen molar-refractivity contribution in [2.75, 3.05) is 18.9 Å². The Morgan fingerprint density at radius 3 is 2.64 bits per heavy atom. The number of aryl methyl sites for hydroxylation is 1. The number of ether oxygens (including phenoxy) is 2. The first-order valence-electron chi connectivity index (χ1n) is 8.54. The number of fused-ring (bicyclic) bond motifs is 1. The number of carbonyl (C=O) groups is 1. The number of benzene rings is 1. The van der Waals surface area contributed by atoms with Crippen molar-refractivity contribution >= 4 is 16.0 Å². The summed E-state index contributed by atoms with van der Waals surface area (Å²) in [4.78, 5) is 12.0. The van der Waals surface area contributed by atoms with Crippen LogP contribution in [0.1, 0.15) is 51.3 Å². The molecule has 1 atom stereocenters. The highest BCUT2D eigenvalue weighted by molar-refractivity contribution is 7.89.